The maximum absolute atomic E-state index is 12.0. The van der Waals surface area contributed by atoms with Crippen LogP contribution < -0.4 is 5.63 Å². The Balaban J connectivity index is 2.26. The maximum atomic E-state index is 12.0. The molecule has 3 aromatic rings. The molecule has 0 saturated heterocycles. The zero-order valence-electron chi connectivity index (χ0n) is 10.1. The van der Waals surface area contributed by atoms with Crippen LogP contribution in [0.1, 0.15) is 0 Å². The standard InChI is InChI=1S/C15H9ClO4/c16-10-3-1-8(2-4-10)11-5-9-6-12(17)13(18)7-14(9)20-15(11)19/h1-7,17-18H. The summed E-state index contributed by atoms with van der Waals surface area (Å²) in [5.74, 6) is -0.603. The van der Waals surface area contributed by atoms with Crippen LogP contribution in [-0.4, -0.2) is 10.2 Å². The molecular weight excluding hydrogens is 280 g/mol. The Morgan fingerprint density at radius 2 is 1.60 bits per heavy atom. The van der Waals surface area contributed by atoms with Gasteiger partial charge < -0.3 is 14.6 Å². The van der Waals surface area contributed by atoms with E-state index in [-0.39, 0.29) is 17.1 Å². The molecule has 1 heterocycles. The van der Waals surface area contributed by atoms with Crippen LogP contribution in [0.3, 0.4) is 0 Å². The second kappa shape index (κ2) is 4.58. The molecule has 4 nitrogen and oxygen atoms in total. The van der Waals surface area contributed by atoms with Crippen molar-refractivity contribution in [2.45, 2.75) is 0 Å². The minimum atomic E-state index is -0.523. The van der Waals surface area contributed by atoms with Gasteiger partial charge in [0.05, 0.1) is 5.56 Å². The summed E-state index contributed by atoms with van der Waals surface area (Å²) in [6.07, 6.45) is 0. The van der Waals surface area contributed by atoms with E-state index in [1.54, 1.807) is 30.3 Å². The van der Waals surface area contributed by atoms with Gasteiger partial charge in [-0.25, -0.2) is 4.79 Å². The Kier molecular flexibility index (Phi) is 2.88. The van der Waals surface area contributed by atoms with E-state index in [1.807, 2.05) is 0 Å². The Labute approximate surface area is 118 Å². The van der Waals surface area contributed by atoms with Crippen molar-refractivity contribution in [3.63, 3.8) is 0 Å². The molecule has 0 unspecified atom stereocenters. The van der Waals surface area contributed by atoms with Gasteiger partial charge in [-0.15, -0.1) is 0 Å². The van der Waals surface area contributed by atoms with Crippen molar-refractivity contribution in [1.29, 1.82) is 0 Å². The highest BCUT2D eigenvalue weighted by atomic mass is 35.5. The maximum Gasteiger partial charge on any atom is 0.344 e. The lowest BCUT2D eigenvalue weighted by molar-refractivity contribution is 0.403. The van der Waals surface area contributed by atoms with Gasteiger partial charge in [-0.05, 0) is 29.8 Å². The zero-order valence-corrected chi connectivity index (χ0v) is 10.9. The molecule has 0 saturated carbocycles. The smallest absolute Gasteiger partial charge is 0.344 e. The molecule has 0 radical (unpaired) electrons. The van der Waals surface area contributed by atoms with E-state index in [2.05, 4.69) is 0 Å². The summed E-state index contributed by atoms with van der Waals surface area (Å²) in [6.45, 7) is 0. The number of halogens is 1. The third kappa shape index (κ3) is 2.10. The average Bonchev–Trinajstić information content (AvgIpc) is 2.41. The lowest BCUT2D eigenvalue weighted by atomic mass is 10.1. The fourth-order valence-electron chi connectivity index (χ4n) is 1.97. The Hall–Kier alpha value is -2.46. The van der Waals surface area contributed by atoms with Gasteiger partial charge in [-0.3, -0.25) is 0 Å². The molecule has 0 amide bonds. The van der Waals surface area contributed by atoms with Crippen molar-refractivity contribution in [2.24, 2.45) is 0 Å². The molecule has 0 aliphatic heterocycles. The van der Waals surface area contributed by atoms with Crippen molar-refractivity contribution in [2.75, 3.05) is 0 Å². The van der Waals surface area contributed by atoms with E-state index in [0.717, 1.165) is 0 Å². The SMILES string of the molecule is O=c1oc2cc(O)c(O)cc2cc1-c1ccc(Cl)cc1. The van der Waals surface area contributed by atoms with E-state index in [0.29, 0.717) is 21.5 Å². The van der Waals surface area contributed by atoms with Crippen LogP contribution in [0.15, 0.2) is 51.7 Å². The molecule has 2 N–H and O–H groups in total. The average molecular weight is 289 g/mol. The molecule has 3 rings (SSSR count). The molecular formula is C15H9ClO4. The second-order valence-electron chi connectivity index (χ2n) is 4.33. The Morgan fingerprint density at radius 1 is 0.950 bits per heavy atom. The van der Waals surface area contributed by atoms with Crippen LogP contribution in [0.2, 0.25) is 5.02 Å². The number of aromatic hydroxyl groups is 2. The van der Waals surface area contributed by atoms with E-state index in [9.17, 15) is 15.0 Å². The molecule has 0 bridgehead atoms. The summed E-state index contributed by atoms with van der Waals surface area (Å²) in [5.41, 5.74) is 0.713. The number of benzene rings is 2. The third-order valence-electron chi connectivity index (χ3n) is 2.98. The van der Waals surface area contributed by atoms with Crippen molar-refractivity contribution in [3.05, 3.63) is 57.9 Å². The van der Waals surface area contributed by atoms with Gasteiger partial charge in [0.1, 0.15) is 5.58 Å². The van der Waals surface area contributed by atoms with Crippen molar-refractivity contribution in [1.82, 2.24) is 0 Å². The summed E-state index contributed by atoms with van der Waals surface area (Å²) >= 11 is 5.81. The van der Waals surface area contributed by atoms with Crippen molar-refractivity contribution < 1.29 is 14.6 Å². The number of phenolic OH excluding ortho intramolecular Hbond substituents is 2. The molecule has 20 heavy (non-hydrogen) atoms. The zero-order chi connectivity index (χ0) is 14.3. The number of phenols is 2. The number of rotatable bonds is 1. The molecule has 100 valence electrons. The third-order valence-corrected chi connectivity index (χ3v) is 3.24. The predicted octanol–water partition coefficient (Wildman–Crippen LogP) is 3.52. The lowest BCUT2D eigenvalue weighted by Gasteiger charge is -2.04. The number of hydrogen-bond donors (Lipinski definition) is 2. The van der Waals surface area contributed by atoms with Crippen LogP contribution in [0.5, 0.6) is 11.5 Å². The molecule has 0 spiro atoms. The fourth-order valence-corrected chi connectivity index (χ4v) is 2.10. The van der Waals surface area contributed by atoms with Gasteiger partial charge in [0, 0.05) is 16.5 Å². The van der Waals surface area contributed by atoms with Crippen LogP contribution in [0, 0.1) is 0 Å². The first-order valence-electron chi connectivity index (χ1n) is 5.80. The fraction of sp³-hybridized carbons (Fsp3) is 0. The highest BCUT2D eigenvalue weighted by molar-refractivity contribution is 6.30. The van der Waals surface area contributed by atoms with Gasteiger partial charge in [-0.2, -0.15) is 0 Å². The summed E-state index contributed by atoms with van der Waals surface area (Å²) < 4.78 is 5.15. The van der Waals surface area contributed by atoms with E-state index in [1.165, 1.54) is 12.1 Å². The molecule has 5 heteroatoms. The highest BCUT2D eigenvalue weighted by Gasteiger charge is 2.10. The van der Waals surface area contributed by atoms with Gasteiger partial charge in [0.15, 0.2) is 11.5 Å². The first-order valence-corrected chi connectivity index (χ1v) is 6.18. The Bertz CT molecular complexity index is 850. The van der Waals surface area contributed by atoms with Crippen molar-refractivity contribution >= 4 is 22.6 Å². The molecule has 1 aromatic heterocycles. The summed E-state index contributed by atoms with van der Waals surface area (Å²) in [7, 11) is 0. The second-order valence-corrected chi connectivity index (χ2v) is 4.77. The topological polar surface area (TPSA) is 70.7 Å². The Morgan fingerprint density at radius 3 is 2.30 bits per heavy atom. The van der Waals surface area contributed by atoms with E-state index >= 15 is 0 Å². The van der Waals surface area contributed by atoms with Crippen molar-refractivity contribution in [3.8, 4) is 22.6 Å². The summed E-state index contributed by atoms with van der Waals surface area (Å²) in [5, 5.41) is 20.0. The summed E-state index contributed by atoms with van der Waals surface area (Å²) in [6, 6.07) is 10.9. The minimum Gasteiger partial charge on any atom is -0.504 e. The predicted molar refractivity (Wildman–Crippen MR) is 76.3 cm³/mol. The van der Waals surface area contributed by atoms with Crippen LogP contribution in [-0.2, 0) is 0 Å². The first kappa shape index (κ1) is 12.6. The molecule has 0 atom stereocenters. The van der Waals surface area contributed by atoms with Gasteiger partial charge in [0.2, 0.25) is 0 Å². The molecule has 0 aliphatic rings. The largest absolute Gasteiger partial charge is 0.504 e. The minimum absolute atomic E-state index is 0.211. The van der Waals surface area contributed by atoms with Gasteiger partial charge >= 0.3 is 5.63 Å². The van der Waals surface area contributed by atoms with Crippen LogP contribution in [0.4, 0.5) is 0 Å². The van der Waals surface area contributed by atoms with E-state index in [4.69, 9.17) is 16.0 Å². The monoisotopic (exact) mass is 288 g/mol. The lowest BCUT2D eigenvalue weighted by Crippen LogP contribution is -2.02. The highest BCUT2D eigenvalue weighted by Crippen LogP contribution is 2.31. The molecule has 0 fully saturated rings. The van der Waals surface area contributed by atoms with Crippen LogP contribution in [0.25, 0.3) is 22.1 Å². The van der Waals surface area contributed by atoms with Crippen LogP contribution >= 0.6 is 11.6 Å². The quantitative estimate of drug-likeness (QED) is 0.531. The normalized spacial score (nSPS) is 10.8. The molecule has 2 aromatic carbocycles. The number of fused-ring (bicyclic) bond motifs is 1. The first-order chi connectivity index (χ1) is 9.54. The van der Waals surface area contributed by atoms with Gasteiger partial charge in [-0.1, -0.05) is 23.7 Å². The summed E-state index contributed by atoms with van der Waals surface area (Å²) in [4.78, 5) is 12.0. The van der Waals surface area contributed by atoms with E-state index < -0.39 is 5.63 Å². The molecule has 0 aliphatic carbocycles. The van der Waals surface area contributed by atoms with Gasteiger partial charge in [0.25, 0.3) is 0 Å². The number of hydrogen-bond acceptors (Lipinski definition) is 4.